The second kappa shape index (κ2) is 11.6. The Morgan fingerprint density at radius 2 is 1.82 bits per heavy atom. The molecular formula is C26H17F4IN2O4S. The zero-order valence-electron chi connectivity index (χ0n) is 19.2. The fraction of sp³-hybridized carbons (Fsp3) is 0.115. The van der Waals surface area contributed by atoms with Gasteiger partial charge < -0.3 is 10.1 Å². The highest BCUT2D eigenvalue weighted by Gasteiger charge is 2.36. The fourth-order valence-corrected chi connectivity index (χ4v) is 4.93. The number of hydrogen-bond acceptors (Lipinski definition) is 5. The molecule has 0 radical (unpaired) electrons. The first kappa shape index (κ1) is 27.6. The second-order valence-corrected chi connectivity index (χ2v) is 10.1. The molecule has 38 heavy (non-hydrogen) atoms. The number of ether oxygens (including phenoxy) is 1. The summed E-state index contributed by atoms with van der Waals surface area (Å²) in [5.74, 6) is -1.39. The van der Waals surface area contributed by atoms with Crippen molar-refractivity contribution in [2.75, 3.05) is 11.9 Å². The maximum atomic E-state index is 13.8. The number of anilines is 1. The molecule has 196 valence electrons. The average Bonchev–Trinajstić information content (AvgIpc) is 3.11. The number of nitrogens with zero attached hydrogens (tertiary/aromatic N) is 1. The molecule has 0 spiro atoms. The van der Waals surface area contributed by atoms with E-state index in [9.17, 15) is 31.9 Å². The Bertz CT molecular complexity index is 1440. The van der Waals surface area contributed by atoms with Crippen molar-refractivity contribution in [1.82, 2.24) is 4.90 Å². The number of carbonyl (C=O) groups excluding carboxylic acids is 3. The topological polar surface area (TPSA) is 75.7 Å². The first-order valence-corrected chi connectivity index (χ1v) is 12.8. The van der Waals surface area contributed by atoms with Crippen LogP contribution in [0.4, 0.5) is 28.0 Å². The molecule has 1 saturated heterocycles. The highest BCUT2D eigenvalue weighted by Crippen LogP contribution is 2.34. The number of nitrogens with one attached hydrogen (secondary N) is 1. The SMILES string of the molecule is O=C(CN1C(=O)S/C(=C\c2ccc(OCc3ccccc3F)c(I)c2)C1=O)Nc1cccc(C(F)(F)F)c1. The van der Waals surface area contributed by atoms with Gasteiger partial charge in [-0.15, -0.1) is 0 Å². The first-order valence-electron chi connectivity index (χ1n) is 10.9. The van der Waals surface area contributed by atoms with Crippen LogP contribution in [0.25, 0.3) is 6.08 Å². The van der Waals surface area contributed by atoms with Gasteiger partial charge in [-0.05, 0) is 82.4 Å². The van der Waals surface area contributed by atoms with E-state index in [0.29, 0.717) is 32.2 Å². The van der Waals surface area contributed by atoms with Crippen LogP contribution in [-0.2, 0) is 22.4 Å². The largest absolute Gasteiger partial charge is 0.488 e. The lowest BCUT2D eigenvalue weighted by Gasteiger charge is -2.13. The van der Waals surface area contributed by atoms with E-state index in [1.807, 2.05) is 22.6 Å². The van der Waals surface area contributed by atoms with Crippen molar-refractivity contribution in [2.24, 2.45) is 0 Å². The Morgan fingerprint density at radius 3 is 2.53 bits per heavy atom. The van der Waals surface area contributed by atoms with Crippen LogP contribution in [0, 0.1) is 9.39 Å². The van der Waals surface area contributed by atoms with Crippen LogP contribution in [0.3, 0.4) is 0 Å². The lowest BCUT2D eigenvalue weighted by molar-refractivity contribution is -0.137. The maximum Gasteiger partial charge on any atom is 0.416 e. The van der Waals surface area contributed by atoms with E-state index in [0.717, 1.165) is 23.1 Å². The van der Waals surface area contributed by atoms with Crippen LogP contribution in [0.2, 0.25) is 0 Å². The van der Waals surface area contributed by atoms with E-state index in [1.54, 1.807) is 36.4 Å². The van der Waals surface area contributed by atoms with Gasteiger partial charge in [-0.3, -0.25) is 19.3 Å². The molecule has 0 aliphatic carbocycles. The number of amides is 3. The summed E-state index contributed by atoms with van der Waals surface area (Å²) in [7, 11) is 0. The van der Waals surface area contributed by atoms with E-state index < -0.39 is 35.3 Å². The third-order valence-corrected chi connectivity index (χ3v) is 6.99. The van der Waals surface area contributed by atoms with Gasteiger partial charge in [0.15, 0.2) is 0 Å². The quantitative estimate of drug-likeness (QED) is 0.174. The molecule has 1 aliphatic rings. The van der Waals surface area contributed by atoms with Crippen molar-refractivity contribution in [2.45, 2.75) is 12.8 Å². The van der Waals surface area contributed by atoms with Crippen molar-refractivity contribution in [1.29, 1.82) is 0 Å². The van der Waals surface area contributed by atoms with E-state index >= 15 is 0 Å². The van der Waals surface area contributed by atoms with Gasteiger partial charge in [-0.1, -0.05) is 30.3 Å². The number of hydrogen-bond donors (Lipinski definition) is 1. The number of halogens is 5. The zero-order valence-corrected chi connectivity index (χ0v) is 22.2. The third-order valence-electron chi connectivity index (χ3n) is 5.24. The van der Waals surface area contributed by atoms with Crippen LogP contribution in [0.5, 0.6) is 5.75 Å². The molecule has 6 nitrogen and oxygen atoms in total. The van der Waals surface area contributed by atoms with Gasteiger partial charge in [0.2, 0.25) is 5.91 Å². The molecule has 12 heteroatoms. The average molecular weight is 656 g/mol. The molecule has 4 rings (SSSR count). The van der Waals surface area contributed by atoms with Gasteiger partial charge in [0.1, 0.15) is 24.7 Å². The molecule has 1 N–H and O–H groups in total. The highest BCUT2D eigenvalue weighted by atomic mass is 127. The smallest absolute Gasteiger partial charge is 0.416 e. The molecule has 0 saturated carbocycles. The fourth-order valence-electron chi connectivity index (χ4n) is 3.40. The summed E-state index contributed by atoms with van der Waals surface area (Å²) in [6, 6.07) is 15.3. The Kier molecular flexibility index (Phi) is 8.41. The van der Waals surface area contributed by atoms with Gasteiger partial charge in [-0.2, -0.15) is 13.2 Å². The summed E-state index contributed by atoms with van der Waals surface area (Å²) in [5, 5.41) is 1.60. The Morgan fingerprint density at radius 1 is 1.05 bits per heavy atom. The summed E-state index contributed by atoms with van der Waals surface area (Å²) in [4.78, 5) is 38.3. The minimum atomic E-state index is -4.58. The Labute approximate surface area is 232 Å². The van der Waals surface area contributed by atoms with Crippen molar-refractivity contribution < 1.29 is 36.7 Å². The molecule has 0 unspecified atom stereocenters. The van der Waals surface area contributed by atoms with Crippen molar-refractivity contribution in [3.05, 3.63) is 97.7 Å². The van der Waals surface area contributed by atoms with Gasteiger partial charge >= 0.3 is 6.18 Å². The minimum Gasteiger partial charge on any atom is -0.488 e. The summed E-state index contributed by atoms with van der Waals surface area (Å²) in [6.45, 7) is -0.623. The molecule has 0 bridgehead atoms. The number of rotatable bonds is 7. The molecule has 0 atom stereocenters. The number of carbonyl (C=O) groups is 3. The van der Waals surface area contributed by atoms with Crippen LogP contribution in [-0.4, -0.2) is 28.5 Å². The van der Waals surface area contributed by atoms with E-state index in [-0.39, 0.29) is 23.0 Å². The standard InChI is InChI=1S/C26H17F4IN2O4S/c27-19-7-2-1-4-16(19)14-37-21-9-8-15(10-20(21)31)11-22-24(35)33(25(36)38-22)13-23(34)32-18-6-3-5-17(12-18)26(28,29)30/h1-12H,13-14H2,(H,32,34)/b22-11-. The maximum absolute atomic E-state index is 13.8. The summed E-state index contributed by atoms with van der Waals surface area (Å²) >= 11 is 2.67. The molecule has 0 aromatic heterocycles. The summed E-state index contributed by atoms with van der Waals surface area (Å²) < 4.78 is 58.9. The van der Waals surface area contributed by atoms with E-state index in [1.165, 1.54) is 18.2 Å². The van der Waals surface area contributed by atoms with Crippen LogP contribution < -0.4 is 10.1 Å². The van der Waals surface area contributed by atoms with Crippen LogP contribution >= 0.6 is 34.4 Å². The lowest BCUT2D eigenvalue weighted by atomic mass is 10.2. The molecular weight excluding hydrogens is 639 g/mol. The second-order valence-electron chi connectivity index (χ2n) is 7.96. The predicted octanol–water partition coefficient (Wildman–Crippen LogP) is 6.70. The normalized spacial score (nSPS) is 14.8. The van der Waals surface area contributed by atoms with Crippen LogP contribution in [0.15, 0.2) is 71.6 Å². The molecule has 3 aromatic rings. The molecule has 1 aliphatic heterocycles. The predicted molar refractivity (Wildman–Crippen MR) is 143 cm³/mol. The molecule has 3 aromatic carbocycles. The highest BCUT2D eigenvalue weighted by molar-refractivity contribution is 14.1. The number of alkyl halides is 3. The first-order chi connectivity index (χ1) is 18.0. The molecule has 1 heterocycles. The van der Waals surface area contributed by atoms with Gasteiger partial charge in [0.25, 0.3) is 11.1 Å². The lowest BCUT2D eigenvalue weighted by Crippen LogP contribution is -2.36. The Hall–Kier alpha value is -3.39. The number of benzene rings is 3. The third kappa shape index (κ3) is 6.72. The van der Waals surface area contributed by atoms with Gasteiger partial charge in [-0.25, -0.2) is 4.39 Å². The van der Waals surface area contributed by atoms with E-state index in [2.05, 4.69) is 5.32 Å². The monoisotopic (exact) mass is 656 g/mol. The van der Waals surface area contributed by atoms with E-state index in [4.69, 9.17) is 4.74 Å². The molecule has 3 amide bonds. The minimum absolute atomic E-state index is 0.0312. The molecule has 1 fully saturated rings. The summed E-state index contributed by atoms with van der Waals surface area (Å²) in [6.07, 6.45) is -3.10. The number of thioether (sulfide) groups is 1. The van der Waals surface area contributed by atoms with Gasteiger partial charge in [0, 0.05) is 11.3 Å². The Balaban J connectivity index is 1.40. The van der Waals surface area contributed by atoms with Crippen LogP contribution in [0.1, 0.15) is 16.7 Å². The number of imide groups is 1. The van der Waals surface area contributed by atoms with Crippen molar-refractivity contribution in [3.8, 4) is 5.75 Å². The van der Waals surface area contributed by atoms with Crippen molar-refractivity contribution >= 4 is 63.2 Å². The zero-order chi connectivity index (χ0) is 27.4. The van der Waals surface area contributed by atoms with Gasteiger partial charge in [0.05, 0.1) is 14.0 Å². The van der Waals surface area contributed by atoms with Crippen molar-refractivity contribution in [3.63, 3.8) is 0 Å². The summed E-state index contributed by atoms with van der Waals surface area (Å²) in [5.41, 5.74) is -0.0633.